The Labute approximate surface area is 138 Å². The van der Waals surface area contributed by atoms with Crippen molar-refractivity contribution in [2.75, 3.05) is 20.3 Å². The molecule has 0 aliphatic carbocycles. The van der Waals surface area contributed by atoms with E-state index in [0.717, 1.165) is 16.5 Å². The highest BCUT2D eigenvalue weighted by Gasteiger charge is 2.12. The Kier molecular flexibility index (Phi) is 5.02. The molecule has 1 N–H and O–H groups in total. The van der Waals surface area contributed by atoms with Crippen molar-refractivity contribution < 1.29 is 18.8 Å². The molecule has 1 aromatic carbocycles. The van der Waals surface area contributed by atoms with Gasteiger partial charge in [0.15, 0.2) is 11.5 Å². The van der Waals surface area contributed by atoms with Crippen LogP contribution in [0.3, 0.4) is 0 Å². The number of pyridine rings is 1. The first-order chi connectivity index (χ1) is 11.8. The Bertz CT molecular complexity index is 826. The molecule has 0 aliphatic heterocycles. The van der Waals surface area contributed by atoms with Gasteiger partial charge < -0.3 is 19.3 Å². The number of amides is 1. The van der Waals surface area contributed by atoms with Crippen LogP contribution >= 0.6 is 0 Å². The lowest BCUT2D eigenvalue weighted by molar-refractivity contribution is 0.0927. The topological polar surface area (TPSA) is 86.5 Å². The number of aromatic nitrogens is 2. The van der Waals surface area contributed by atoms with Crippen LogP contribution in [0.2, 0.25) is 0 Å². The minimum Gasteiger partial charge on any atom is -0.485 e. The van der Waals surface area contributed by atoms with E-state index in [2.05, 4.69) is 15.5 Å². The molecule has 0 spiro atoms. The molecular weight excluding hydrogens is 310 g/mol. The molecule has 0 unspecified atom stereocenters. The number of nitrogens with zero attached hydrogens (tertiary/aromatic N) is 2. The zero-order valence-electron chi connectivity index (χ0n) is 13.2. The Morgan fingerprint density at radius 1 is 1.33 bits per heavy atom. The molecule has 3 rings (SSSR count). The van der Waals surface area contributed by atoms with E-state index in [1.165, 1.54) is 0 Å². The average molecular weight is 327 g/mol. The number of methoxy groups -OCH3 is 1. The summed E-state index contributed by atoms with van der Waals surface area (Å²) in [5.41, 5.74) is 0.215. The molecular formula is C17H17N3O4. The first-order valence-corrected chi connectivity index (χ1v) is 7.46. The van der Waals surface area contributed by atoms with Crippen molar-refractivity contribution in [2.45, 2.75) is 6.61 Å². The fourth-order valence-corrected chi connectivity index (χ4v) is 2.21. The second-order valence-corrected chi connectivity index (χ2v) is 5.07. The number of carbonyl (C=O) groups is 1. The van der Waals surface area contributed by atoms with Gasteiger partial charge in [0, 0.05) is 42.9 Å². The zero-order valence-corrected chi connectivity index (χ0v) is 13.2. The minimum absolute atomic E-state index is 0.180. The monoisotopic (exact) mass is 327 g/mol. The van der Waals surface area contributed by atoms with Gasteiger partial charge in [-0.3, -0.25) is 9.78 Å². The van der Waals surface area contributed by atoms with Gasteiger partial charge in [0.2, 0.25) is 0 Å². The lowest BCUT2D eigenvalue weighted by Crippen LogP contribution is -2.27. The second-order valence-electron chi connectivity index (χ2n) is 5.07. The zero-order chi connectivity index (χ0) is 16.8. The molecule has 0 fully saturated rings. The minimum atomic E-state index is -0.307. The summed E-state index contributed by atoms with van der Waals surface area (Å²) in [5.74, 6) is 0.883. The van der Waals surface area contributed by atoms with E-state index in [1.807, 2.05) is 24.3 Å². The molecule has 3 aromatic rings. The van der Waals surface area contributed by atoms with E-state index in [1.54, 1.807) is 25.6 Å². The van der Waals surface area contributed by atoms with Crippen molar-refractivity contribution in [3.8, 4) is 5.75 Å². The third kappa shape index (κ3) is 3.69. The summed E-state index contributed by atoms with van der Waals surface area (Å²) < 4.78 is 15.8. The predicted octanol–water partition coefficient (Wildman–Crippen LogP) is 2.18. The van der Waals surface area contributed by atoms with Crippen molar-refractivity contribution in [3.05, 3.63) is 54.2 Å². The number of fused-ring (bicyclic) bond motifs is 1. The molecule has 2 heterocycles. The van der Waals surface area contributed by atoms with Crippen molar-refractivity contribution in [1.82, 2.24) is 15.5 Å². The number of nitrogens with one attached hydrogen (secondary N) is 1. The third-order valence-electron chi connectivity index (χ3n) is 3.39. The molecule has 0 bridgehead atoms. The highest BCUT2D eigenvalue weighted by atomic mass is 16.5. The summed E-state index contributed by atoms with van der Waals surface area (Å²) >= 11 is 0. The molecule has 0 saturated heterocycles. The fraction of sp³-hybridized carbons (Fsp3) is 0.235. The van der Waals surface area contributed by atoms with Gasteiger partial charge in [-0.25, -0.2) is 0 Å². The van der Waals surface area contributed by atoms with Crippen LogP contribution in [-0.2, 0) is 11.3 Å². The van der Waals surface area contributed by atoms with Crippen LogP contribution in [0.25, 0.3) is 10.8 Å². The van der Waals surface area contributed by atoms with E-state index >= 15 is 0 Å². The molecule has 24 heavy (non-hydrogen) atoms. The molecule has 1 amide bonds. The summed E-state index contributed by atoms with van der Waals surface area (Å²) in [6.07, 6.45) is 3.49. The summed E-state index contributed by atoms with van der Waals surface area (Å²) in [6.45, 7) is 1.04. The SMILES string of the molecule is COCCNC(=O)c1cc(COc2cccc3cnccc23)on1. The van der Waals surface area contributed by atoms with Crippen LogP contribution < -0.4 is 10.1 Å². The molecule has 0 aliphatic rings. The number of rotatable bonds is 7. The molecule has 7 heteroatoms. The smallest absolute Gasteiger partial charge is 0.273 e. The second kappa shape index (κ2) is 7.56. The maximum absolute atomic E-state index is 11.8. The normalized spacial score (nSPS) is 10.7. The van der Waals surface area contributed by atoms with Crippen molar-refractivity contribution in [3.63, 3.8) is 0 Å². The first kappa shape index (κ1) is 15.9. The maximum Gasteiger partial charge on any atom is 0.273 e. The van der Waals surface area contributed by atoms with Crippen LogP contribution in [-0.4, -0.2) is 36.3 Å². The Morgan fingerprint density at radius 2 is 2.25 bits per heavy atom. The predicted molar refractivity (Wildman–Crippen MR) is 86.8 cm³/mol. The van der Waals surface area contributed by atoms with Crippen LogP contribution in [0, 0.1) is 0 Å². The summed E-state index contributed by atoms with van der Waals surface area (Å²) in [6, 6.07) is 9.19. The quantitative estimate of drug-likeness (QED) is 0.669. The van der Waals surface area contributed by atoms with Gasteiger partial charge in [-0.1, -0.05) is 17.3 Å². The maximum atomic E-state index is 11.8. The number of ether oxygens (including phenoxy) is 2. The van der Waals surface area contributed by atoms with Crippen LogP contribution in [0.1, 0.15) is 16.2 Å². The van der Waals surface area contributed by atoms with Gasteiger partial charge in [-0.2, -0.15) is 0 Å². The van der Waals surface area contributed by atoms with E-state index < -0.39 is 0 Å². The molecule has 124 valence electrons. The van der Waals surface area contributed by atoms with E-state index in [0.29, 0.717) is 18.9 Å². The summed E-state index contributed by atoms with van der Waals surface area (Å²) in [4.78, 5) is 15.9. The van der Waals surface area contributed by atoms with Gasteiger partial charge in [0.25, 0.3) is 5.91 Å². The van der Waals surface area contributed by atoms with E-state index in [9.17, 15) is 4.79 Å². The fourth-order valence-electron chi connectivity index (χ4n) is 2.21. The molecule has 0 radical (unpaired) electrons. The Hall–Kier alpha value is -2.93. The van der Waals surface area contributed by atoms with Gasteiger partial charge in [-0.05, 0) is 12.1 Å². The van der Waals surface area contributed by atoms with Crippen molar-refractivity contribution >= 4 is 16.7 Å². The first-order valence-electron chi connectivity index (χ1n) is 7.46. The van der Waals surface area contributed by atoms with Gasteiger partial charge in [0.05, 0.1) is 6.61 Å². The third-order valence-corrected chi connectivity index (χ3v) is 3.39. The highest BCUT2D eigenvalue weighted by molar-refractivity contribution is 5.92. The van der Waals surface area contributed by atoms with Gasteiger partial charge >= 0.3 is 0 Å². The number of carbonyl (C=O) groups excluding carboxylic acids is 1. The van der Waals surface area contributed by atoms with Gasteiger partial charge in [-0.15, -0.1) is 0 Å². The largest absolute Gasteiger partial charge is 0.485 e. The standard InChI is InChI=1S/C17H17N3O4/c1-22-8-7-19-17(21)15-9-13(24-20-15)11-23-16-4-2-3-12-10-18-6-5-14(12)16/h2-6,9-10H,7-8,11H2,1H3,(H,19,21). The van der Waals surface area contributed by atoms with Crippen LogP contribution in [0.5, 0.6) is 5.75 Å². The Balaban J connectivity index is 1.64. The lowest BCUT2D eigenvalue weighted by Gasteiger charge is -2.07. The van der Waals surface area contributed by atoms with E-state index in [4.69, 9.17) is 14.0 Å². The van der Waals surface area contributed by atoms with Crippen molar-refractivity contribution in [1.29, 1.82) is 0 Å². The number of benzene rings is 1. The molecule has 0 saturated carbocycles. The molecule has 2 aromatic heterocycles. The van der Waals surface area contributed by atoms with E-state index in [-0.39, 0.29) is 18.2 Å². The highest BCUT2D eigenvalue weighted by Crippen LogP contribution is 2.25. The van der Waals surface area contributed by atoms with Crippen molar-refractivity contribution in [2.24, 2.45) is 0 Å². The van der Waals surface area contributed by atoms with Gasteiger partial charge in [0.1, 0.15) is 12.4 Å². The number of hydrogen-bond acceptors (Lipinski definition) is 6. The van der Waals surface area contributed by atoms with Crippen LogP contribution in [0.4, 0.5) is 0 Å². The van der Waals surface area contributed by atoms with Crippen LogP contribution in [0.15, 0.2) is 47.2 Å². The summed E-state index contributed by atoms with van der Waals surface area (Å²) in [5, 5.41) is 8.38. The average Bonchev–Trinajstić information content (AvgIpc) is 3.09. The molecule has 0 atom stereocenters. The Morgan fingerprint density at radius 3 is 3.12 bits per heavy atom. The number of hydrogen-bond donors (Lipinski definition) is 1. The molecule has 7 nitrogen and oxygen atoms in total. The summed E-state index contributed by atoms with van der Waals surface area (Å²) in [7, 11) is 1.57. The lowest BCUT2D eigenvalue weighted by atomic mass is 10.1.